The summed E-state index contributed by atoms with van der Waals surface area (Å²) in [5.41, 5.74) is 8.03. The van der Waals surface area contributed by atoms with E-state index in [-0.39, 0.29) is 5.54 Å². The van der Waals surface area contributed by atoms with Gasteiger partial charge in [-0.2, -0.15) is 0 Å². The van der Waals surface area contributed by atoms with Crippen LogP contribution in [0.15, 0.2) is 36.4 Å². The van der Waals surface area contributed by atoms with Crippen LogP contribution in [0.4, 0.5) is 0 Å². The maximum Gasteiger partial charge on any atom is 0.0705 e. The van der Waals surface area contributed by atoms with Gasteiger partial charge in [-0.05, 0) is 18.6 Å². The predicted molar refractivity (Wildman–Crippen MR) is 74.5 cm³/mol. The highest BCUT2D eigenvalue weighted by molar-refractivity contribution is 5.78. The van der Waals surface area contributed by atoms with Crippen LogP contribution in [0.2, 0.25) is 0 Å². The highest BCUT2D eigenvalue weighted by Crippen LogP contribution is 2.17. The van der Waals surface area contributed by atoms with Gasteiger partial charge < -0.3 is 10.5 Å². The van der Waals surface area contributed by atoms with E-state index in [4.69, 9.17) is 10.5 Å². The molecule has 2 aromatic rings. The van der Waals surface area contributed by atoms with E-state index in [9.17, 15) is 0 Å². The third-order valence-corrected chi connectivity index (χ3v) is 3.33. The SMILES string of the molecule is CCC(N)(COC)Cc1ccc2ccccc2n1. The van der Waals surface area contributed by atoms with Crippen LogP contribution in [0.25, 0.3) is 10.9 Å². The zero-order chi connectivity index (χ0) is 13.0. The minimum absolute atomic E-state index is 0.329. The highest BCUT2D eigenvalue weighted by atomic mass is 16.5. The summed E-state index contributed by atoms with van der Waals surface area (Å²) >= 11 is 0. The number of methoxy groups -OCH3 is 1. The second-order valence-electron chi connectivity index (χ2n) is 4.82. The number of para-hydroxylation sites is 1. The Hall–Kier alpha value is -1.45. The quantitative estimate of drug-likeness (QED) is 0.879. The predicted octanol–water partition coefficient (Wildman–Crippen LogP) is 2.53. The van der Waals surface area contributed by atoms with Crippen molar-refractivity contribution in [2.45, 2.75) is 25.3 Å². The fourth-order valence-corrected chi connectivity index (χ4v) is 2.13. The van der Waals surface area contributed by atoms with Gasteiger partial charge in [0.05, 0.1) is 12.1 Å². The van der Waals surface area contributed by atoms with E-state index in [1.165, 1.54) is 0 Å². The molecule has 0 saturated heterocycles. The molecule has 0 radical (unpaired) electrons. The Morgan fingerprint density at radius 2 is 2.00 bits per heavy atom. The molecule has 1 aromatic heterocycles. The second kappa shape index (κ2) is 5.46. The Balaban J connectivity index is 2.26. The maximum absolute atomic E-state index is 6.32. The molecule has 0 amide bonds. The van der Waals surface area contributed by atoms with Crippen molar-refractivity contribution in [3.05, 3.63) is 42.1 Å². The van der Waals surface area contributed by atoms with Crippen LogP contribution in [0, 0.1) is 0 Å². The van der Waals surface area contributed by atoms with Gasteiger partial charge in [0, 0.05) is 30.1 Å². The first-order valence-corrected chi connectivity index (χ1v) is 6.29. The molecule has 3 heteroatoms. The first kappa shape index (κ1) is 13.0. The molecule has 1 atom stereocenters. The summed E-state index contributed by atoms with van der Waals surface area (Å²) in [4.78, 5) is 4.65. The van der Waals surface area contributed by atoms with Crippen molar-refractivity contribution < 1.29 is 4.74 Å². The van der Waals surface area contributed by atoms with E-state index in [0.29, 0.717) is 6.61 Å². The number of ether oxygens (including phenoxy) is 1. The lowest BCUT2D eigenvalue weighted by Gasteiger charge is -2.26. The summed E-state index contributed by atoms with van der Waals surface area (Å²) in [7, 11) is 1.69. The molecule has 0 spiro atoms. The van der Waals surface area contributed by atoms with Crippen molar-refractivity contribution in [3.8, 4) is 0 Å². The van der Waals surface area contributed by atoms with Gasteiger partial charge in [0.25, 0.3) is 0 Å². The van der Waals surface area contributed by atoms with Crippen LogP contribution >= 0.6 is 0 Å². The molecule has 1 heterocycles. The number of aromatic nitrogens is 1. The number of nitrogens with zero attached hydrogens (tertiary/aromatic N) is 1. The van der Waals surface area contributed by atoms with Crippen molar-refractivity contribution in [2.75, 3.05) is 13.7 Å². The zero-order valence-corrected chi connectivity index (χ0v) is 11.0. The fourth-order valence-electron chi connectivity index (χ4n) is 2.13. The zero-order valence-electron chi connectivity index (χ0n) is 11.0. The molecule has 0 aliphatic carbocycles. The number of nitrogens with two attached hydrogens (primary N) is 1. The molecule has 3 nitrogen and oxygen atoms in total. The van der Waals surface area contributed by atoms with E-state index in [1.807, 2.05) is 18.2 Å². The van der Waals surface area contributed by atoms with Gasteiger partial charge in [0.1, 0.15) is 0 Å². The number of benzene rings is 1. The molecule has 96 valence electrons. The molecule has 0 aliphatic rings. The van der Waals surface area contributed by atoms with Crippen molar-refractivity contribution in [1.29, 1.82) is 0 Å². The summed E-state index contributed by atoms with van der Waals surface area (Å²) < 4.78 is 5.20. The topological polar surface area (TPSA) is 48.1 Å². The van der Waals surface area contributed by atoms with Crippen molar-refractivity contribution in [3.63, 3.8) is 0 Å². The van der Waals surface area contributed by atoms with Gasteiger partial charge in [-0.25, -0.2) is 0 Å². The number of hydrogen-bond acceptors (Lipinski definition) is 3. The van der Waals surface area contributed by atoms with Gasteiger partial charge in [0.15, 0.2) is 0 Å². The lowest BCUT2D eigenvalue weighted by Crippen LogP contribution is -2.46. The molecule has 1 aromatic carbocycles. The first-order valence-electron chi connectivity index (χ1n) is 6.29. The van der Waals surface area contributed by atoms with Gasteiger partial charge >= 0.3 is 0 Å². The van der Waals surface area contributed by atoms with E-state index < -0.39 is 0 Å². The van der Waals surface area contributed by atoms with E-state index in [1.54, 1.807) is 7.11 Å². The number of rotatable bonds is 5. The van der Waals surface area contributed by atoms with Crippen LogP contribution < -0.4 is 5.73 Å². The largest absolute Gasteiger partial charge is 0.383 e. The molecule has 0 saturated carbocycles. The maximum atomic E-state index is 6.32. The summed E-state index contributed by atoms with van der Waals surface area (Å²) in [6.07, 6.45) is 1.61. The highest BCUT2D eigenvalue weighted by Gasteiger charge is 2.23. The molecule has 0 aliphatic heterocycles. The molecule has 0 fully saturated rings. The van der Waals surface area contributed by atoms with Crippen molar-refractivity contribution >= 4 is 10.9 Å². The van der Waals surface area contributed by atoms with Crippen LogP contribution in [0.3, 0.4) is 0 Å². The van der Waals surface area contributed by atoms with E-state index >= 15 is 0 Å². The van der Waals surface area contributed by atoms with E-state index in [0.717, 1.165) is 29.4 Å². The average Bonchev–Trinajstić information content (AvgIpc) is 2.39. The molecular weight excluding hydrogens is 224 g/mol. The minimum atomic E-state index is -0.329. The van der Waals surface area contributed by atoms with Crippen LogP contribution in [0.1, 0.15) is 19.0 Å². The second-order valence-corrected chi connectivity index (χ2v) is 4.82. The number of pyridine rings is 1. The summed E-state index contributed by atoms with van der Waals surface area (Å²) in [5.74, 6) is 0. The Bertz CT molecular complexity index is 527. The first-order chi connectivity index (χ1) is 8.67. The lowest BCUT2D eigenvalue weighted by atomic mass is 9.92. The van der Waals surface area contributed by atoms with Gasteiger partial charge in [-0.15, -0.1) is 0 Å². The fraction of sp³-hybridized carbons (Fsp3) is 0.400. The Morgan fingerprint density at radius 1 is 1.22 bits per heavy atom. The molecular formula is C15H20N2O. The molecule has 2 N–H and O–H groups in total. The monoisotopic (exact) mass is 244 g/mol. The Morgan fingerprint density at radius 3 is 2.72 bits per heavy atom. The van der Waals surface area contributed by atoms with Gasteiger partial charge in [0.2, 0.25) is 0 Å². The lowest BCUT2D eigenvalue weighted by molar-refractivity contribution is 0.129. The summed E-state index contributed by atoms with van der Waals surface area (Å²) in [6.45, 7) is 2.64. The summed E-state index contributed by atoms with van der Waals surface area (Å²) in [5, 5.41) is 1.16. The Labute approximate surface area is 108 Å². The van der Waals surface area contributed by atoms with Crippen LogP contribution in [0.5, 0.6) is 0 Å². The average molecular weight is 244 g/mol. The number of fused-ring (bicyclic) bond motifs is 1. The van der Waals surface area contributed by atoms with Crippen LogP contribution in [-0.2, 0) is 11.2 Å². The van der Waals surface area contributed by atoms with Crippen molar-refractivity contribution in [1.82, 2.24) is 4.98 Å². The Kier molecular flexibility index (Phi) is 3.94. The molecule has 2 rings (SSSR count). The smallest absolute Gasteiger partial charge is 0.0705 e. The van der Waals surface area contributed by atoms with E-state index in [2.05, 4.69) is 30.1 Å². The van der Waals surface area contributed by atoms with Gasteiger partial charge in [-0.1, -0.05) is 31.2 Å². The molecule has 18 heavy (non-hydrogen) atoms. The van der Waals surface area contributed by atoms with Crippen LogP contribution in [-0.4, -0.2) is 24.2 Å². The summed E-state index contributed by atoms with van der Waals surface area (Å²) in [6, 6.07) is 12.3. The number of hydrogen-bond donors (Lipinski definition) is 1. The van der Waals surface area contributed by atoms with Crippen molar-refractivity contribution in [2.24, 2.45) is 5.73 Å². The standard InChI is InChI=1S/C15H20N2O/c1-3-15(16,11-18-2)10-13-9-8-12-6-4-5-7-14(12)17-13/h4-9H,3,10-11,16H2,1-2H3. The normalized spacial score (nSPS) is 14.6. The third-order valence-electron chi connectivity index (χ3n) is 3.33. The molecule has 1 unspecified atom stereocenters. The minimum Gasteiger partial charge on any atom is -0.383 e. The third kappa shape index (κ3) is 2.86. The van der Waals surface area contributed by atoms with Gasteiger partial charge in [-0.3, -0.25) is 4.98 Å². The molecule has 0 bridgehead atoms.